The summed E-state index contributed by atoms with van der Waals surface area (Å²) < 4.78 is 29.7. The molecule has 0 amide bonds. The fourth-order valence-electron chi connectivity index (χ4n) is 2.30. The molecular weight excluding hydrogens is 380 g/mol. The van der Waals surface area contributed by atoms with E-state index in [0.717, 1.165) is 11.1 Å². The van der Waals surface area contributed by atoms with E-state index in [9.17, 15) is 18.5 Å². The van der Waals surface area contributed by atoms with Crippen molar-refractivity contribution in [3.05, 3.63) is 94.0 Å². The maximum Gasteiger partial charge on any atom is 0.339 e. The number of hydrogen-bond donors (Lipinski definition) is 0. The number of non-ortho nitro benzene ring substituents is 1. The highest BCUT2D eigenvalue weighted by atomic mass is 32.2. The van der Waals surface area contributed by atoms with Gasteiger partial charge in [-0.3, -0.25) is 15.1 Å². The van der Waals surface area contributed by atoms with E-state index in [1.165, 1.54) is 36.4 Å². The van der Waals surface area contributed by atoms with Crippen LogP contribution in [0, 0.1) is 17.0 Å². The summed E-state index contributed by atoms with van der Waals surface area (Å²) in [6, 6.07) is 18.6. The van der Waals surface area contributed by atoms with Gasteiger partial charge in [-0.25, -0.2) is 0 Å². The summed E-state index contributed by atoms with van der Waals surface area (Å²) in [5, 5.41) is 10.6. The van der Waals surface area contributed by atoms with Crippen molar-refractivity contribution < 1.29 is 17.5 Å². The van der Waals surface area contributed by atoms with Crippen molar-refractivity contribution in [3.8, 4) is 5.75 Å². The van der Waals surface area contributed by atoms with E-state index in [2.05, 4.69) is 4.99 Å². The van der Waals surface area contributed by atoms with E-state index in [4.69, 9.17) is 4.18 Å². The van der Waals surface area contributed by atoms with E-state index >= 15 is 0 Å². The molecule has 0 fully saturated rings. The SMILES string of the molecule is Cc1ccc(S(=O)(=O)Oc2ccc(C=Nc3ccc([N+](=O)[O-])cc3)cc2)cc1. The highest BCUT2D eigenvalue weighted by Crippen LogP contribution is 2.20. The molecule has 0 bridgehead atoms. The van der Waals surface area contributed by atoms with Crippen molar-refractivity contribution in [1.82, 2.24) is 0 Å². The van der Waals surface area contributed by atoms with Crippen LogP contribution in [0.2, 0.25) is 0 Å². The Labute approximate surface area is 162 Å². The Morgan fingerprint density at radius 1 is 0.929 bits per heavy atom. The quantitative estimate of drug-likeness (QED) is 0.266. The third-order valence-corrected chi connectivity index (χ3v) is 5.08. The first-order chi connectivity index (χ1) is 13.3. The van der Waals surface area contributed by atoms with Crippen LogP contribution in [0.1, 0.15) is 11.1 Å². The van der Waals surface area contributed by atoms with Gasteiger partial charge >= 0.3 is 10.1 Å². The second-order valence-corrected chi connectivity index (χ2v) is 7.50. The Kier molecular flexibility index (Phi) is 5.51. The topological polar surface area (TPSA) is 98.9 Å². The largest absolute Gasteiger partial charge is 0.379 e. The number of nitro groups is 1. The molecule has 3 aromatic rings. The second-order valence-electron chi connectivity index (χ2n) is 5.95. The van der Waals surface area contributed by atoms with Gasteiger partial charge in [0.2, 0.25) is 0 Å². The van der Waals surface area contributed by atoms with Crippen LogP contribution >= 0.6 is 0 Å². The molecule has 3 aromatic carbocycles. The van der Waals surface area contributed by atoms with E-state index in [0.29, 0.717) is 5.69 Å². The lowest BCUT2D eigenvalue weighted by Crippen LogP contribution is -2.09. The smallest absolute Gasteiger partial charge is 0.339 e. The maximum absolute atomic E-state index is 12.3. The Morgan fingerprint density at radius 2 is 1.54 bits per heavy atom. The molecule has 0 saturated carbocycles. The number of benzene rings is 3. The third-order valence-electron chi connectivity index (χ3n) is 3.82. The molecular formula is C20H16N2O5S. The molecule has 0 aliphatic carbocycles. The number of aryl methyl sites for hydroxylation is 1. The second kappa shape index (κ2) is 8.01. The molecule has 28 heavy (non-hydrogen) atoms. The standard InChI is InChI=1S/C20H16N2O5S/c1-15-2-12-20(13-3-15)28(25,26)27-19-10-4-16(5-11-19)14-21-17-6-8-18(9-7-17)22(23)24/h2-14H,1H3. The van der Waals surface area contributed by atoms with Crippen molar-refractivity contribution in [2.75, 3.05) is 0 Å². The summed E-state index contributed by atoms with van der Waals surface area (Å²) in [4.78, 5) is 14.5. The van der Waals surface area contributed by atoms with Gasteiger partial charge in [-0.05, 0) is 61.0 Å². The lowest BCUT2D eigenvalue weighted by atomic mass is 10.2. The van der Waals surface area contributed by atoms with E-state index in [1.807, 2.05) is 6.92 Å². The molecule has 0 unspecified atom stereocenters. The molecule has 7 nitrogen and oxygen atoms in total. The minimum absolute atomic E-state index is 0.00441. The minimum atomic E-state index is -3.90. The van der Waals surface area contributed by atoms with Crippen LogP contribution in [-0.2, 0) is 10.1 Å². The van der Waals surface area contributed by atoms with Crippen LogP contribution < -0.4 is 4.18 Å². The molecule has 0 heterocycles. The molecule has 0 saturated heterocycles. The Bertz CT molecular complexity index is 1100. The Morgan fingerprint density at radius 3 is 2.11 bits per heavy atom. The van der Waals surface area contributed by atoms with Crippen LogP contribution in [0.25, 0.3) is 0 Å². The molecule has 8 heteroatoms. The van der Waals surface area contributed by atoms with Crippen molar-refractivity contribution >= 4 is 27.7 Å². The fraction of sp³-hybridized carbons (Fsp3) is 0.0500. The van der Waals surface area contributed by atoms with Crippen LogP contribution in [0.3, 0.4) is 0 Å². The van der Waals surface area contributed by atoms with E-state index < -0.39 is 15.0 Å². The molecule has 0 spiro atoms. The highest BCUT2D eigenvalue weighted by molar-refractivity contribution is 7.87. The van der Waals surface area contributed by atoms with Crippen molar-refractivity contribution in [2.24, 2.45) is 4.99 Å². The molecule has 0 aliphatic heterocycles. The summed E-state index contributed by atoms with van der Waals surface area (Å²) in [6.45, 7) is 1.87. The van der Waals surface area contributed by atoms with Crippen LogP contribution in [0.15, 0.2) is 82.7 Å². The average Bonchev–Trinajstić information content (AvgIpc) is 2.68. The van der Waals surface area contributed by atoms with Crippen LogP contribution in [-0.4, -0.2) is 19.6 Å². The zero-order valence-electron chi connectivity index (χ0n) is 14.8. The first-order valence-corrected chi connectivity index (χ1v) is 9.64. The zero-order valence-corrected chi connectivity index (χ0v) is 15.7. The van der Waals surface area contributed by atoms with Gasteiger partial charge in [-0.1, -0.05) is 17.7 Å². The fourth-order valence-corrected chi connectivity index (χ4v) is 3.23. The van der Waals surface area contributed by atoms with Gasteiger partial charge < -0.3 is 4.18 Å². The summed E-state index contributed by atoms with van der Waals surface area (Å²) >= 11 is 0. The summed E-state index contributed by atoms with van der Waals surface area (Å²) in [5.41, 5.74) is 2.23. The molecule has 0 N–H and O–H groups in total. The van der Waals surface area contributed by atoms with Crippen LogP contribution in [0.5, 0.6) is 5.75 Å². The summed E-state index contributed by atoms with van der Waals surface area (Å²) in [6.07, 6.45) is 1.57. The third kappa shape index (κ3) is 4.80. The Balaban J connectivity index is 1.69. The predicted octanol–water partition coefficient (Wildman–Crippen LogP) is 4.42. The average molecular weight is 396 g/mol. The lowest BCUT2D eigenvalue weighted by molar-refractivity contribution is -0.384. The van der Waals surface area contributed by atoms with Crippen LogP contribution in [0.4, 0.5) is 11.4 Å². The first-order valence-electron chi connectivity index (χ1n) is 8.23. The predicted molar refractivity (Wildman–Crippen MR) is 106 cm³/mol. The van der Waals surface area contributed by atoms with Gasteiger partial charge in [0, 0.05) is 18.3 Å². The van der Waals surface area contributed by atoms with Gasteiger partial charge in [0.25, 0.3) is 5.69 Å². The summed E-state index contributed by atoms with van der Waals surface area (Å²) in [5.74, 6) is 0.188. The molecule has 3 rings (SSSR count). The van der Waals surface area contributed by atoms with Crippen molar-refractivity contribution in [1.29, 1.82) is 0 Å². The van der Waals surface area contributed by atoms with Gasteiger partial charge in [0.1, 0.15) is 10.6 Å². The van der Waals surface area contributed by atoms with Gasteiger partial charge in [0.15, 0.2) is 0 Å². The zero-order chi connectivity index (χ0) is 20.1. The number of nitrogens with zero attached hydrogens (tertiary/aromatic N) is 2. The van der Waals surface area contributed by atoms with Crippen molar-refractivity contribution in [2.45, 2.75) is 11.8 Å². The monoisotopic (exact) mass is 396 g/mol. The molecule has 0 aromatic heterocycles. The molecule has 0 atom stereocenters. The maximum atomic E-state index is 12.3. The van der Waals surface area contributed by atoms with Gasteiger partial charge in [-0.2, -0.15) is 8.42 Å². The Hall–Kier alpha value is -3.52. The normalized spacial score (nSPS) is 11.5. The van der Waals surface area contributed by atoms with Crippen molar-refractivity contribution in [3.63, 3.8) is 0 Å². The number of hydrogen-bond acceptors (Lipinski definition) is 6. The first kappa shape index (κ1) is 19.2. The molecule has 0 aliphatic rings. The minimum Gasteiger partial charge on any atom is -0.379 e. The van der Waals surface area contributed by atoms with Gasteiger partial charge in [-0.15, -0.1) is 0 Å². The molecule has 142 valence electrons. The number of rotatable bonds is 6. The lowest BCUT2D eigenvalue weighted by Gasteiger charge is -2.07. The highest BCUT2D eigenvalue weighted by Gasteiger charge is 2.16. The number of aliphatic imine (C=N–C) groups is 1. The van der Waals surface area contributed by atoms with E-state index in [-0.39, 0.29) is 16.3 Å². The number of nitro benzene ring substituents is 1. The van der Waals surface area contributed by atoms with E-state index in [1.54, 1.807) is 42.6 Å². The summed E-state index contributed by atoms with van der Waals surface area (Å²) in [7, 11) is -3.90. The van der Waals surface area contributed by atoms with Gasteiger partial charge in [0.05, 0.1) is 10.6 Å². The molecule has 0 radical (unpaired) electrons.